The lowest BCUT2D eigenvalue weighted by Crippen LogP contribution is -2.07. The second-order valence-electron chi connectivity index (χ2n) is 3.45. The molecule has 0 aliphatic carbocycles. The van der Waals surface area contributed by atoms with E-state index in [-0.39, 0.29) is 0 Å². The zero-order valence-corrected chi connectivity index (χ0v) is 9.33. The lowest BCUT2D eigenvalue weighted by molar-refractivity contribution is 0.644. The van der Waals surface area contributed by atoms with Crippen LogP contribution in [0.1, 0.15) is 12.2 Å². The summed E-state index contributed by atoms with van der Waals surface area (Å²) >= 11 is 5.85. The van der Waals surface area contributed by atoms with Gasteiger partial charge in [-0.1, -0.05) is 11.6 Å². The normalized spacial score (nSPS) is 11.1. The van der Waals surface area contributed by atoms with E-state index in [1.54, 1.807) is 6.20 Å². The van der Waals surface area contributed by atoms with Crippen LogP contribution in [0.2, 0.25) is 5.02 Å². The lowest BCUT2D eigenvalue weighted by Gasteiger charge is -2.03. The third kappa shape index (κ3) is 1.96. The maximum Gasteiger partial charge on any atom is 0.160 e. The number of fused-ring (bicyclic) bond motifs is 1. The summed E-state index contributed by atoms with van der Waals surface area (Å²) in [6.07, 6.45) is 2.57. The van der Waals surface area contributed by atoms with Gasteiger partial charge in [-0.25, -0.2) is 9.97 Å². The molecule has 0 saturated carbocycles. The number of nitrogens with zero attached hydrogens (tertiary/aromatic N) is 3. The molecule has 0 bridgehead atoms. The molecule has 0 spiro atoms. The molecule has 0 saturated heterocycles. The lowest BCUT2D eigenvalue weighted by atomic mass is 10.4. The van der Waals surface area contributed by atoms with E-state index in [0.717, 1.165) is 30.0 Å². The number of aromatic nitrogens is 3. The topological polar surface area (TPSA) is 56.7 Å². The van der Waals surface area contributed by atoms with Crippen LogP contribution < -0.4 is 5.73 Å². The Hall–Kier alpha value is -1.13. The van der Waals surface area contributed by atoms with Crippen molar-refractivity contribution in [3.8, 4) is 0 Å². The van der Waals surface area contributed by atoms with Crippen LogP contribution in [0.4, 0.5) is 0 Å². The third-order valence-electron chi connectivity index (χ3n) is 2.33. The summed E-state index contributed by atoms with van der Waals surface area (Å²) in [5, 5.41) is 0.617. The highest BCUT2D eigenvalue weighted by molar-refractivity contribution is 6.31. The Balaban J connectivity index is 2.48. The van der Waals surface area contributed by atoms with E-state index in [1.807, 2.05) is 13.0 Å². The molecule has 0 fully saturated rings. The van der Waals surface area contributed by atoms with Gasteiger partial charge in [0.15, 0.2) is 5.65 Å². The number of hydrogen-bond acceptors (Lipinski definition) is 3. The molecule has 0 aliphatic rings. The van der Waals surface area contributed by atoms with E-state index < -0.39 is 0 Å². The average Bonchev–Trinajstić information content (AvgIpc) is 2.50. The van der Waals surface area contributed by atoms with Crippen molar-refractivity contribution in [2.45, 2.75) is 19.9 Å². The third-order valence-corrected chi connectivity index (χ3v) is 2.53. The summed E-state index contributed by atoms with van der Waals surface area (Å²) in [5.41, 5.74) is 7.21. The van der Waals surface area contributed by atoms with Crippen molar-refractivity contribution >= 4 is 22.8 Å². The van der Waals surface area contributed by atoms with Crippen LogP contribution in [0.25, 0.3) is 11.2 Å². The van der Waals surface area contributed by atoms with Crippen LogP contribution in [-0.2, 0) is 6.54 Å². The van der Waals surface area contributed by atoms with Gasteiger partial charge in [0.25, 0.3) is 0 Å². The van der Waals surface area contributed by atoms with Crippen molar-refractivity contribution in [1.29, 1.82) is 0 Å². The fourth-order valence-electron chi connectivity index (χ4n) is 1.62. The smallest absolute Gasteiger partial charge is 0.160 e. The fourth-order valence-corrected chi connectivity index (χ4v) is 1.77. The monoisotopic (exact) mass is 224 g/mol. The molecule has 15 heavy (non-hydrogen) atoms. The number of rotatable bonds is 3. The van der Waals surface area contributed by atoms with Crippen LogP contribution in [0, 0.1) is 6.92 Å². The molecule has 2 N–H and O–H groups in total. The van der Waals surface area contributed by atoms with Crippen LogP contribution in [0.5, 0.6) is 0 Å². The van der Waals surface area contributed by atoms with E-state index in [2.05, 4.69) is 14.5 Å². The molecule has 0 aromatic carbocycles. The molecule has 2 aromatic rings. The van der Waals surface area contributed by atoms with Gasteiger partial charge in [-0.3, -0.25) is 0 Å². The second kappa shape index (κ2) is 4.16. The van der Waals surface area contributed by atoms with Crippen molar-refractivity contribution < 1.29 is 0 Å². The minimum Gasteiger partial charge on any atom is -0.330 e. The van der Waals surface area contributed by atoms with Gasteiger partial charge in [-0.05, 0) is 26.0 Å². The largest absolute Gasteiger partial charge is 0.330 e. The molecule has 2 aromatic heterocycles. The number of aryl methyl sites for hydroxylation is 2. The Morgan fingerprint density at radius 2 is 2.33 bits per heavy atom. The van der Waals surface area contributed by atoms with Crippen molar-refractivity contribution in [3.63, 3.8) is 0 Å². The summed E-state index contributed by atoms with van der Waals surface area (Å²) in [5.74, 6) is 0.952. The molecule has 0 atom stereocenters. The van der Waals surface area contributed by atoms with E-state index >= 15 is 0 Å². The van der Waals surface area contributed by atoms with E-state index in [4.69, 9.17) is 17.3 Å². The molecule has 2 heterocycles. The molecule has 0 unspecified atom stereocenters. The molecular formula is C10H13ClN4. The zero-order chi connectivity index (χ0) is 10.8. The number of pyridine rings is 1. The Bertz CT molecular complexity index is 477. The maximum absolute atomic E-state index is 5.85. The van der Waals surface area contributed by atoms with Gasteiger partial charge in [0.2, 0.25) is 0 Å². The summed E-state index contributed by atoms with van der Waals surface area (Å²) in [7, 11) is 0. The Kier molecular flexibility index (Phi) is 2.88. The second-order valence-corrected chi connectivity index (χ2v) is 3.89. The van der Waals surface area contributed by atoms with Gasteiger partial charge in [-0.15, -0.1) is 0 Å². The quantitative estimate of drug-likeness (QED) is 0.864. The van der Waals surface area contributed by atoms with E-state index in [0.29, 0.717) is 11.6 Å². The van der Waals surface area contributed by atoms with E-state index in [9.17, 15) is 0 Å². The van der Waals surface area contributed by atoms with Crippen molar-refractivity contribution in [3.05, 3.63) is 23.1 Å². The molecule has 80 valence electrons. The van der Waals surface area contributed by atoms with Crippen molar-refractivity contribution in [2.75, 3.05) is 6.54 Å². The Labute approximate surface area is 93.1 Å². The van der Waals surface area contributed by atoms with Crippen LogP contribution in [-0.4, -0.2) is 21.1 Å². The van der Waals surface area contributed by atoms with Gasteiger partial charge in [-0.2, -0.15) is 0 Å². The number of halogens is 1. The predicted octanol–water partition coefficient (Wildman–Crippen LogP) is 1.74. The molecule has 5 heteroatoms. The summed E-state index contributed by atoms with van der Waals surface area (Å²) < 4.78 is 2.07. The number of nitrogens with two attached hydrogens (primary N) is 1. The van der Waals surface area contributed by atoms with Gasteiger partial charge in [0.05, 0.1) is 5.02 Å². The minimum atomic E-state index is 0.617. The number of imidazole rings is 1. The molecule has 0 radical (unpaired) electrons. The highest BCUT2D eigenvalue weighted by Crippen LogP contribution is 2.17. The SMILES string of the molecule is Cc1nc2cc(Cl)cnc2n1CCCN. The molecule has 0 amide bonds. The Morgan fingerprint density at radius 3 is 3.07 bits per heavy atom. The summed E-state index contributed by atoms with van der Waals surface area (Å²) in [6, 6.07) is 1.83. The highest BCUT2D eigenvalue weighted by atomic mass is 35.5. The Morgan fingerprint density at radius 1 is 1.53 bits per heavy atom. The van der Waals surface area contributed by atoms with Crippen LogP contribution >= 0.6 is 11.6 Å². The fraction of sp³-hybridized carbons (Fsp3) is 0.400. The first-order chi connectivity index (χ1) is 7.22. The van der Waals surface area contributed by atoms with Gasteiger partial charge >= 0.3 is 0 Å². The molecule has 0 aliphatic heterocycles. The standard InChI is InChI=1S/C10H13ClN4/c1-7-14-9-5-8(11)6-13-10(9)15(7)4-2-3-12/h5-6H,2-4,12H2,1H3. The summed E-state index contributed by atoms with van der Waals surface area (Å²) in [6.45, 7) is 3.49. The first-order valence-corrected chi connectivity index (χ1v) is 5.28. The predicted molar refractivity (Wildman–Crippen MR) is 60.9 cm³/mol. The van der Waals surface area contributed by atoms with Crippen LogP contribution in [0.15, 0.2) is 12.3 Å². The zero-order valence-electron chi connectivity index (χ0n) is 8.57. The first kappa shape index (κ1) is 10.4. The van der Waals surface area contributed by atoms with Crippen molar-refractivity contribution in [1.82, 2.24) is 14.5 Å². The molecular weight excluding hydrogens is 212 g/mol. The molecule has 4 nitrogen and oxygen atoms in total. The first-order valence-electron chi connectivity index (χ1n) is 4.91. The summed E-state index contributed by atoms with van der Waals surface area (Å²) in [4.78, 5) is 8.68. The minimum absolute atomic E-state index is 0.617. The van der Waals surface area contributed by atoms with Gasteiger partial charge in [0, 0.05) is 12.7 Å². The van der Waals surface area contributed by atoms with Gasteiger partial charge in [0.1, 0.15) is 11.3 Å². The molecule has 2 rings (SSSR count). The van der Waals surface area contributed by atoms with Gasteiger partial charge < -0.3 is 10.3 Å². The van der Waals surface area contributed by atoms with E-state index in [1.165, 1.54) is 0 Å². The van der Waals surface area contributed by atoms with Crippen LogP contribution in [0.3, 0.4) is 0 Å². The highest BCUT2D eigenvalue weighted by Gasteiger charge is 2.08. The number of hydrogen-bond donors (Lipinski definition) is 1. The average molecular weight is 225 g/mol. The van der Waals surface area contributed by atoms with Crippen molar-refractivity contribution in [2.24, 2.45) is 5.73 Å². The maximum atomic E-state index is 5.85.